The summed E-state index contributed by atoms with van der Waals surface area (Å²) in [6.07, 6.45) is 5.00. The largest absolute Gasteiger partial charge is 0.379 e. The lowest BCUT2D eigenvalue weighted by Crippen LogP contribution is -2.37. The third-order valence-corrected chi connectivity index (χ3v) is 2.88. The summed E-state index contributed by atoms with van der Waals surface area (Å²) in [6, 6.07) is 0. The molecule has 0 fully saturated rings. The molecule has 21 heavy (non-hydrogen) atoms. The van der Waals surface area contributed by atoms with Crippen molar-refractivity contribution in [3.63, 3.8) is 0 Å². The SMILES string of the molecule is CC(C)CC(=O)NCC(=O)NCCCCCCOC(C)C. The van der Waals surface area contributed by atoms with Gasteiger partial charge < -0.3 is 15.4 Å². The summed E-state index contributed by atoms with van der Waals surface area (Å²) in [6.45, 7) is 9.59. The zero-order valence-electron chi connectivity index (χ0n) is 14.0. The fourth-order valence-corrected chi connectivity index (χ4v) is 1.81. The third-order valence-electron chi connectivity index (χ3n) is 2.88. The minimum absolute atomic E-state index is 0.0645. The van der Waals surface area contributed by atoms with Crippen LogP contribution < -0.4 is 10.6 Å². The van der Waals surface area contributed by atoms with Gasteiger partial charge in [0.15, 0.2) is 0 Å². The van der Waals surface area contributed by atoms with Gasteiger partial charge in [-0.15, -0.1) is 0 Å². The van der Waals surface area contributed by atoms with Crippen molar-refractivity contribution in [3.8, 4) is 0 Å². The molecule has 0 aliphatic carbocycles. The van der Waals surface area contributed by atoms with E-state index in [-0.39, 0.29) is 18.4 Å². The monoisotopic (exact) mass is 300 g/mol. The number of amides is 2. The van der Waals surface area contributed by atoms with Crippen LogP contribution in [0.25, 0.3) is 0 Å². The fraction of sp³-hybridized carbons (Fsp3) is 0.875. The molecule has 2 amide bonds. The average molecular weight is 300 g/mol. The Morgan fingerprint density at radius 2 is 1.57 bits per heavy atom. The molecule has 124 valence electrons. The Balaban J connectivity index is 3.36. The van der Waals surface area contributed by atoms with Crippen LogP contribution in [0.5, 0.6) is 0 Å². The lowest BCUT2D eigenvalue weighted by Gasteiger charge is -2.09. The highest BCUT2D eigenvalue weighted by Gasteiger charge is 2.06. The summed E-state index contributed by atoms with van der Waals surface area (Å²) < 4.78 is 5.46. The first kappa shape index (κ1) is 19.9. The molecule has 0 aliphatic rings. The van der Waals surface area contributed by atoms with Crippen molar-refractivity contribution in [2.75, 3.05) is 19.7 Å². The minimum Gasteiger partial charge on any atom is -0.379 e. The Labute approximate surface area is 129 Å². The van der Waals surface area contributed by atoms with Crippen LogP contribution in [-0.2, 0) is 14.3 Å². The maximum absolute atomic E-state index is 11.5. The molecule has 0 atom stereocenters. The standard InChI is InChI=1S/C16H32N2O3/c1-13(2)11-15(19)18-12-16(20)17-9-7-5-6-8-10-21-14(3)4/h13-14H,5-12H2,1-4H3,(H,17,20)(H,18,19). The molecule has 0 aliphatic heterocycles. The van der Waals surface area contributed by atoms with Gasteiger partial charge in [-0.2, -0.15) is 0 Å². The first-order chi connectivity index (χ1) is 9.91. The molecule has 0 aromatic carbocycles. The Kier molecular flexibility index (Phi) is 12.0. The van der Waals surface area contributed by atoms with Gasteiger partial charge in [0.25, 0.3) is 0 Å². The van der Waals surface area contributed by atoms with Gasteiger partial charge in [-0.25, -0.2) is 0 Å². The number of hydrogen-bond donors (Lipinski definition) is 2. The predicted molar refractivity (Wildman–Crippen MR) is 85.0 cm³/mol. The van der Waals surface area contributed by atoms with Gasteiger partial charge in [0, 0.05) is 19.6 Å². The van der Waals surface area contributed by atoms with Gasteiger partial charge in [-0.05, 0) is 32.6 Å². The van der Waals surface area contributed by atoms with Gasteiger partial charge in [-0.1, -0.05) is 26.7 Å². The second-order valence-electron chi connectivity index (χ2n) is 6.06. The minimum atomic E-state index is -0.116. The highest BCUT2D eigenvalue weighted by atomic mass is 16.5. The lowest BCUT2D eigenvalue weighted by molar-refractivity contribution is -0.126. The normalized spacial score (nSPS) is 11.0. The Hall–Kier alpha value is -1.10. The van der Waals surface area contributed by atoms with Crippen LogP contribution in [0.4, 0.5) is 0 Å². The molecule has 5 heteroatoms. The highest BCUT2D eigenvalue weighted by molar-refractivity contribution is 5.84. The van der Waals surface area contributed by atoms with E-state index in [9.17, 15) is 9.59 Å². The van der Waals surface area contributed by atoms with Crippen LogP contribution in [0.3, 0.4) is 0 Å². The molecule has 0 heterocycles. The van der Waals surface area contributed by atoms with Crippen molar-refractivity contribution >= 4 is 11.8 Å². The van der Waals surface area contributed by atoms with Crippen LogP contribution in [-0.4, -0.2) is 37.6 Å². The molecule has 0 unspecified atom stereocenters. The number of carbonyl (C=O) groups is 2. The number of carbonyl (C=O) groups excluding carboxylic acids is 2. The van der Waals surface area contributed by atoms with Crippen LogP contribution in [0.1, 0.15) is 59.8 Å². The quantitative estimate of drug-likeness (QED) is 0.543. The highest BCUT2D eigenvalue weighted by Crippen LogP contribution is 2.01. The number of nitrogens with one attached hydrogen (secondary N) is 2. The van der Waals surface area contributed by atoms with Crippen LogP contribution in [0.2, 0.25) is 0 Å². The fourth-order valence-electron chi connectivity index (χ4n) is 1.81. The molecule has 0 spiro atoms. The average Bonchev–Trinajstić information content (AvgIpc) is 2.38. The lowest BCUT2D eigenvalue weighted by atomic mass is 10.1. The molecule has 0 saturated heterocycles. The molecular formula is C16H32N2O3. The van der Waals surface area contributed by atoms with E-state index in [1.54, 1.807) is 0 Å². The molecule has 0 aromatic heterocycles. The smallest absolute Gasteiger partial charge is 0.239 e. The topological polar surface area (TPSA) is 67.4 Å². The summed E-state index contributed by atoms with van der Waals surface area (Å²) in [5.41, 5.74) is 0. The molecule has 2 N–H and O–H groups in total. The van der Waals surface area contributed by atoms with Gasteiger partial charge >= 0.3 is 0 Å². The molecule has 5 nitrogen and oxygen atoms in total. The van der Waals surface area contributed by atoms with Crippen molar-refractivity contribution in [3.05, 3.63) is 0 Å². The van der Waals surface area contributed by atoms with Crippen LogP contribution in [0.15, 0.2) is 0 Å². The van der Waals surface area contributed by atoms with Crippen molar-refractivity contribution in [2.24, 2.45) is 5.92 Å². The molecule has 0 aromatic rings. The summed E-state index contributed by atoms with van der Waals surface area (Å²) in [4.78, 5) is 22.9. The van der Waals surface area contributed by atoms with Crippen molar-refractivity contribution < 1.29 is 14.3 Å². The number of rotatable bonds is 12. The Morgan fingerprint density at radius 3 is 2.19 bits per heavy atom. The predicted octanol–water partition coefficient (Wildman–Crippen LogP) is 2.25. The summed E-state index contributed by atoms with van der Waals surface area (Å²) in [5, 5.41) is 5.44. The van der Waals surface area contributed by atoms with Crippen molar-refractivity contribution in [1.29, 1.82) is 0 Å². The zero-order chi connectivity index (χ0) is 16.1. The van der Waals surface area contributed by atoms with E-state index >= 15 is 0 Å². The van der Waals surface area contributed by atoms with Gasteiger partial charge in [0.05, 0.1) is 12.6 Å². The number of unbranched alkanes of at least 4 members (excludes halogenated alkanes) is 3. The zero-order valence-corrected chi connectivity index (χ0v) is 14.0. The van der Waals surface area contributed by atoms with Gasteiger partial charge in [0.1, 0.15) is 0 Å². The van der Waals surface area contributed by atoms with E-state index in [2.05, 4.69) is 10.6 Å². The third kappa shape index (κ3) is 15.1. The van der Waals surface area contributed by atoms with Crippen LogP contribution >= 0.6 is 0 Å². The summed E-state index contributed by atoms with van der Waals surface area (Å²) >= 11 is 0. The molecular weight excluding hydrogens is 268 g/mol. The van der Waals surface area contributed by atoms with E-state index < -0.39 is 0 Å². The number of ether oxygens (including phenoxy) is 1. The molecule has 0 saturated carbocycles. The van der Waals surface area contributed by atoms with Crippen LogP contribution in [0, 0.1) is 5.92 Å². The maximum atomic E-state index is 11.5. The Bertz CT molecular complexity index is 291. The van der Waals surface area contributed by atoms with Crippen molar-refractivity contribution in [2.45, 2.75) is 65.9 Å². The summed E-state index contributed by atoms with van der Waals surface area (Å²) in [5.74, 6) is 0.133. The van der Waals surface area contributed by atoms with E-state index in [0.717, 1.165) is 32.3 Å². The van der Waals surface area contributed by atoms with E-state index in [4.69, 9.17) is 4.74 Å². The van der Waals surface area contributed by atoms with E-state index in [1.165, 1.54) is 0 Å². The maximum Gasteiger partial charge on any atom is 0.239 e. The van der Waals surface area contributed by atoms with Crippen molar-refractivity contribution in [1.82, 2.24) is 10.6 Å². The van der Waals surface area contributed by atoms with E-state index in [0.29, 0.717) is 25.0 Å². The Morgan fingerprint density at radius 1 is 0.905 bits per heavy atom. The van der Waals surface area contributed by atoms with E-state index in [1.807, 2.05) is 27.7 Å². The first-order valence-corrected chi connectivity index (χ1v) is 8.06. The molecule has 0 rings (SSSR count). The molecule has 0 bridgehead atoms. The van der Waals surface area contributed by atoms with Gasteiger partial charge in [-0.3, -0.25) is 9.59 Å². The second kappa shape index (κ2) is 12.6. The number of hydrogen-bond acceptors (Lipinski definition) is 3. The van der Waals surface area contributed by atoms with Gasteiger partial charge in [0.2, 0.25) is 11.8 Å². The summed E-state index contributed by atoms with van der Waals surface area (Å²) in [7, 11) is 0. The first-order valence-electron chi connectivity index (χ1n) is 8.06. The molecule has 0 radical (unpaired) electrons. The second-order valence-corrected chi connectivity index (χ2v) is 6.06.